The van der Waals surface area contributed by atoms with Crippen molar-refractivity contribution in [1.82, 2.24) is 9.97 Å². The number of benzene rings is 1. The molecule has 0 radical (unpaired) electrons. The summed E-state index contributed by atoms with van der Waals surface area (Å²) in [4.78, 5) is 8.03. The van der Waals surface area contributed by atoms with E-state index in [4.69, 9.17) is 9.47 Å². The van der Waals surface area contributed by atoms with Crippen LogP contribution >= 0.6 is 0 Å². The maximum atomic E-state index is 13.8. The van der Waals surface area contributed by atoms with Crippen LogP contribution in [0.5, 0.6) is 11.8 Å². The number of anilines is 1. The van der Waals surface area contributed by atoms with Crippen molar-refractivity contribution in [2.75, 3.05) is 19.5 Å². The number of methoxy groups -OCH3 is 2. The van der Waals surface area contributed by atoms with E-state index in [2.05, 4.69) is 15.3 Å². The zero-order valence-corrected chi connectivity index (χ0v) is 11.6. The molecule has 0 atom stereocenters. The molecule has 1 N–H and O–H groups in total. The second kappa shape index (κ2) is 6.18. The topological polar surface area (TPSA) is 56.3 Å². The first kappa shape index (κ1) is 14.0. The smallest absolute Gasteiger partial charge is 0.225 e. The van der Waals surface area contributed by atoms with E-state index in [9.17, 15) is 4.39 Å². The predicted octanol–water partition coefficient (Wildman–Crippen LogP) is 2.55. The third-order valence-electron chi connectivity index (χ3n) is 2.92. The summed E-state index contributed by atoms with van der Waals surface area (Å²) in [6, 6.07) is 4.91. The van der Waals surface area contributed by atoms with Crippen molar-refractivity contribution < 1.29 is 13.9 Å². The molecule has 20 heavy (non-hydrogen) atoms. The van der Waals surface area contributed by atoms with Crippen LogP contribution < -0.4 is 14.8 Å². The van der Waals surface area contributed by atoms with Crippen molar-refractivity contribution in [1.29, 1.82) is 0 Å². The number of rotatable bonds is 5. The highest BCUT2D eigenvalue weighted by Crippen LogP contribution is 2.26. The van der Waals surface area contributed by atoms with Crippen molar-refractivity contribution in [2.45, 2.75) is 13.5 Å². The van der Waals surface area contributed by atoms with Crippen LogP contribution in [0, 0.1) is 12.7 Å². The zero-order valence-electron chi connectivity index (χ0n) is 11.6. The number of aromatic nitrogens is 2. The highest BCUT2D eigenvalue weighted by Gasteiger charge is 2.14. The molecule has 5 nitrogen and oxygen atoms in total. The summed E-state index contributed by atoms with van der Waals surface area (Å²) >= 11 is 0. The number of para-hydroxylation sites is 1. The summed E-state index contributed by atoms with van der Waals surface area (Å²) in [6.45, 7) is 2.14. The number of aryl methyl sites for hydroxylation is 1. The van der Waals surface area contributed by atoms with Gasteiger partial charge in [-0.1, -0.05) is 12.1 Å². The maximum absolute atomic E-state index is 13.8. The van der Waals surface area contributed by atoms with Crippen LogP contribution in [-0.2, 0) is 6.54 Å². The Kier molecular flexibility index (Phi) is 4.34. The van der Waals surface area contributed by atoms with Crippen molar-refractivity contribution in [3.8, 4) is 11.8 Å². The van der Waals surface area contributed by atoms with Gasteiger partial charge in [-0.15, -0.1) is 0 Å². The summed E-state index contributed by atoms with van der Waals surface area (Å²) in [7, 11) is 3.03. The minimum Gasteiger partial charge on any atom is -0.481 e. The third kappa shape index (κ3) is 2.79. The molecule has 1 aromatic carbocycles. The first-order valence-corrected chi connectivity index (χ1v) is 6.08. The first-order chi connectivity index (χ1) is 9.67. The van der Waals surface area contributed by atoms with Crippen molar-refractivity contribution >= 4 is 5.69 Å². The third-order valence-corrected chi connectivity index (χ3v) is 2.92. The molecule has 0 bridgehead atoms. The number of ether oxygens (including phenoxy) is 2. The molecule has 0 fully saturated rings. The van der Waals surface area contributed by atoms with Gasteiger partial charge in [0.1, 0.15) is 12.1 Å². The minimum absolute atomic E-state index is 0.301. The highest BCUT2D eigenvalue weighted by molar-refractivity contribution is 5.53. The molecule has 0 aliphatic carbocycles. The van der Waals surface area contributed by atoms with Crippen molar-refractivity contribution in [3.63, 3.8) is 0 Å². The van der Waals surface area contributed by atoms with Crippen LogP contribution in [0.4, 0.5) is 10.1 Å². The van der Waals surface area contributed by atoms with E-state index in [1.54, 1.807) is 6.07 Å². The van der Waals surface area contributed by atoms with Crippen LogP contribution in [0.3, 0.4) is 0 Å². The molecule has 0 aliphatic heterocycles. The fourth-order valence-corrected chi connectivity index (χ4v) is 1.92. The molecule has 6 heteroatoms. The van der Waals surface area contributed by atoms with Crippen LogP contribution in [0.25, 0.3) is 0 Å². The van der Waals surface area contributed by atoms with Crippen LogP contribution in [0.2, 0.25) is 0 Å². The molecule has 0 aliphatic rings. The Bertz CT molecular complexity index is 562. The Balaban J connectivity index is 2.27. The van der Waals surface area contributed by atoms with E-state index >= 15 is 0 Å². The lowest BCUT2D eigenvalue weighted by Crippen LogP contribution is -2.08. The zero-order chi connectivity index (χ0) is 14.5. The van der Waals surface area contributed by atoms with E-state index in [0.717, 1.165) is 5.56 Å². The van der Waals surface area contributed by atoms with E-state index in [1.165, 1.54) is 26.6 Å². The second-order valence-corrected chi connectivity index (χ2v) is 4.16. The van der Waals surface area contributed by atoms with Gasteiger partial charge in [-0.25, -0.2) is 14.4 Å². The Morgan fingerprint density at radius 1 is 1.15 bits per heavy atom. The van der Waals surface area contributed by atoms with Gasteiger partial charge in [-0.05, 0) is 18.6 Å². The van der Waals surface area contributed by atoms with Gasteiger partial charge in [-0.2, -0.15) is 0 Å². The lowest BCUT2D eigenvalue weighted by Gasteiger charge is -2.14. The van der Waals surface area contributed by atoms with Gasteiger partial charge in [0.15, 0.2) is 0 Å². The summed E-state index contributed by atoms with van der Waals surface area (Å²) in [5.41, 5.74) is 1.90. The molecule has 2 rings (SSSR count). The molecule has 1 aromatic heterocycles. The second-order valence-electron chi connectivity index (χ2n) is 4.16. The van der Waals surface area contributed by atoms with Crippen LogP contribution in [0.15, 0.2) is 24.5 Å². The molecule has 1 heterocycles. The highest BCUT2D eigenvalue weighted by atomic mass is 19.1. The molecule has 0 unspecified atom stereocenters. The quantitative estimate of drug-likeness (QED) is 0.910. The molecule has 106 valence electrons. The Hall–Kier alpha value is -2.37. The molecular formula is C14H16FN3O2. The minimum atomic E-state index is -0.306. The van der Waals surface area contributed by atoms with Gasteiger partial charge >= 0.3 is 0 Å². The predicted molar refractivity (Wildman–Crippen MR) is 73.6 cm³/mol. The first-order valence-electron chi connectivity index (χ1n) is 6.08. The molecule has 0 saturated carbocycles. The number of nitrogens with one attached hydrogen (secondary N) is 1. The Labute approximate surface area is 116 Å². The van der Waals surface area contributed by atoms with Gasteiger partial charge in [0.25, 0.3) is 0 Å². The molecule has 0 saturated heterocycles. The van der Waals surface area contributed by atoms with Gasteiger partial charge < -0.3 is 14.8 Å². The summed E-state index contributed by atoms with van der Waals surface area (Å²) in [5, 5.41) is 3.03. The van der Waals surface area contributed by atoms with Crippen molar-refractivity contribution in [2.24, 2.45) is 0 Å². The van der Waals surface area contributed by atoms with E-state index in [0.29, 0.717) is 29.6 Å². The normalized spacial score (nSPS) is 10.2. The summed E-state index contributed by atoms with van der Waals surface area (Å²) in [6.07, 6.45) is 1.36. The Morgan fingerprint density at radius 3 is 2.35 bits per heavy atom. The standard InChI is InChI=1S/C14H16FN3O2/c1-9-5-4-6-11(15)12(9)16-7-10-13(19-2)17-8-18-14(10)20-3/h4-6,8,16H,7H2,1-3H3. The van der Waals surface area contributed by atoms with Gasteiger partial charge in [0.05, 0.1) is 32.0 Å². The monoisotopic (exact) mass is 277 g/mol. The number of hydrogen-bond acceptors (Lipinski definition) is 5. The molecule has 2 aromatic rings. The number of nitrogens with zero attached hydrogens (tertiary/aromatic N) is 2. The maximum Gasteiger partial charge on any atom is 0.225 e. The largest absolute Gasteiger partial charge is 0.481 e. The number of hydrogen-bond donors (Lipinski definition) is 1. The van der Waals surface area contributed by atoms with E-state index < -0.39 is 0 Å². The van der Waals surface area contributed by atoms with Crippen LogP contribution in [0.1, 0.15) is 11.1 Å². The van der Waals surface area contributed by atoms with E-state index in [-0.39, 0.29) is 5.82 Å². The lowest BCUT2D eigenvalue weighted by molar-refractivity contribution is 0.363. The lowest BCUT2D eigenvalue weighted by atomic mass is 10.2. The fourth-order valence-electron chi connectivity index (χ4n) is 1.92. The van der Waals surface area contributed by atoms with Crippen molar-refractivity contribution in [3.05, 3.63) is 41.5 Å². The fraction of sp³-hybridized carbons (Fsp3) is 0.286. The number of halogens is 1. The van der Waals surface area contributed by atoms with E-state index in [1.807, 2.05) is 13.0 Å². The SMILES string of the molecule is COc1ncnc(OC)c1CNc1c(C)cccc1F. The average molecular weight is 277 g/mol. The van der Waals surface area contributed by atoms with Gasteiger partial charge in [0, 0.05) is 0 Å². The van der Waals surface area contributed by atoms with Crippen LogP contribution in [-0.4, -0.2) is 24.2 Å². The molecule has 0 spiro atoms. The van der Waals surface area contributed by atoms with Gasteiger partial charge in [-0.3, -0.25) is 0 Å². The average Bonchev–Trinajstić information content (AvgIpc) is 2.46. The Morgan fingerprint density at radius 2 is 1.80 bits per heavy atom. The molecular weight excluding hydrogens is 261 g/mol. The summed E-state index contributed by atoms with van der Waals surface area (Å²) in [5.74, 6) is 0.497. The summed E-state index contributed by atoms with van der Waals surface area (Å²) < 4.78 is 24.1. The van der Waals surface area contributed by atoms with Gasteiger partial charge in [0.2, 0.25) is 11.8 Å². The molecule has 0 amide bonds.